The van der Waals surface area contributed by atoms with Gasteiger partial charge in [-0.25, -0.2) is 4.98 Å². The molecule has 1 amide bonds. The van der Waals surface area contributed by atoms with Crippen molar-refractivity contribution in [2.24, 2.45) is 14.1 Å². The lowest BCUT2D eigenvalue weighted by Gasteiger charge is -2.19. The fraction of sp³-hybridized carbons (Fsp3) is 0.316. The molecular formula is C19H21N5O. The molecule has 0 saturated carbocycles. The van der Waals surface area contributed by atoms with E-state index < -0.39 is 0 Å². The van der Waals surface area contributed by atoms with Crippen LogP contribution in [0.15, 0.2) is 42.9 Å². The quantitative estimate of drug-likeness (QED) is 0.720. The highest BCUT2D eigenvalue weighted by atomic mass is 16.2. The van der Waals surface area contributed by atoms with Crippen molar-refractivity contribution >= 4 is 5.91 Å². The molecule has 1 aliphatic heterocycles. The third kappa shape index (κ3) is 2.84. The van der Waals surface area contributed by atoms with Crippen molar-refractivity contribution in [1.82, 2.24) is 24.2 Å². The van der Waals surface area contributed by atoms with Crippen LogP contribution in [-0.4, -0.2) is 43.2 Å². The fourth-order valence-electron chi connectivity index (χ4n) is 3.53. The summed E-state index contributed by atoms with van der Waals surface area (Å²) in [4.78, 5) is 18.8. The SMILES string of the molecule is Cn1cnc(C(=O)N2CCc3nn(C)c(-c4ccccc4)c3CC2)c1. The van der Waals surface area contributed by atoms with Gasteiger partial charge in [0.1, 0.15) is 5.69 Å². The van der Waals surface area contributed by atoms with Crippen LogP contribution in [0.3, 0.4) is 0 Å². The van der Waals surface area contributed by atoms with E-state index in [9.17, 15) is 4.79 Å². The number of aromatic nitrogens is 4. The zero-order valence-electron chi connectivity index (χ0n) is 14.5. The molecule has 1 aromatic carbocycles. The number of amides is 1. The number of carbonyl (C=O) groups excluding carboxylic acids is 1. The summed E-state index contributed by atoms with van der Waals surface area (Å²) >= 11 is 0. The van der Waals surface area contributed by atoms with Crippen LogP contribution in [0.25, 0.3) is 11.3 Å². The van der Waals surface area contributed by atoms with Gasteiger partial charge in [-0.3, -0.25) is 9.48 Å². The standard InChI is InChI=1S/C19H21N5O/c1-22-12-17(20-13-22)19(25)24-10-8-15-16(9-11-24)21-23(2)18(15)14-6-4-3-5-7-14/h3-7,12-13H,8-11H2,1-2H3. The van der Waals surface area contributed by atoms with Crippen LogP contribution in [0.1, 0.15) is 21.7 Å². The molecule has 6 nitrogen and oxygen atoms in total. The highest BCUT2D eigenvalue weighted by molar-refractivity contribution is 5.92. The maximum Gasteiger partial charge on any atom is 0.274 e. The molecular weight excluding hydrogens is 314 g/mol. The van der Waals surface area contributed by atoms with Gasteiger partial charge in [-0.2, -0.15) is 5.10 Å². The summed E-state index contributed by atoms with van der Waals surface area (Å²) in [7, 11) is 3.87. The number of fused-ring (bicyclic) bond motifs is 1. The van der Waals surface area contributed by atoms with Crippen LogP contribution >= 0.6 is 0 Å². The molecule has 6 heteroatoms. The van der Waals surface area contributed by atoms with Crippen molar-refractivity contribution < 1.29 is 4.79 Å². The Balaban J connectivity index is 1.61. The first-order valence-corrected chi connectivity index (χ1v) is 8.51. The van der Waals surface area contributed by atoms with E-state index in [1.165, 1.54) is 11.1 Å². The van der Waals surface area contributed by atoms with E-state index in [4.69, 9.17) is 5.10 Å². The van der Waals surface area contributed by atoms with Gasteiger partial charge in [0.25, 0.3) is 5.91 Å². The Hall–Kier alpha value is -2.89. The molecule has 128 valence electrons. The van der Waals surface area contributed by atoms with Gasteiger partial charge >= 0.3 is 0 Å². The highest BCUT2D eigenvalue weighted by Crippen LogP contribution is 2.28. The van der Waals surface area contributed by atoms with E-state index in [0.29, 0.717) is 18.8 Å². The Labute approximate surface area is 146 Å². The Morgan fingerprint density at radius 1 is 1.08 bits per heavy atom. The number of rotatable bonds is 2. The third-order valence-electron chi connectivity index (χ3n) is 4.74. The van der Waals surface area contributed by atoms with Crippen LogP contribution in [0, 0.1) is 0 Å². The predicted molar refractivity (Wildman–Crippen MR) is 95.2 cm³/mol. The molecule has 3 aromatic rings. The van der Waals surface area contributed by atoms with E-state index in [1.807, 2.05) is 41.9 Å². The second-order valence-corrected chi connectivity index (χ2v) is 6.48. The summed E-state index contributed by atoms with van der Waals surface area (Å²) in [5.41, 5.74) is 5.18. The van der Waals surface area contributed by atoms with Gasteiger partial charge in [0.2, 0.25) is 0 Å². The van der Waals surface area contributed by atoms with Crippen LogP contribution < -0.4 is 0 Å². The first kappa shape index (κ1) is 15.6. The molecule has 25 heavy (non-hydrogen) atoms. The molecule has 0 unspecified atom stereocenters. The van der Waals surface area contributed by atoms with Crippen molar-refractivity contribution in [2.45, 2.75) is 12.8 Å². The zero-order valence-corrected chi connectivity index (χ0v) is 14.5. The smallest absolute Gasteiger partial charge is 0.274 e. The largest absolute Gasteiger partial charge is 0.340 e. The lowest BCUT2D eigenvalue weighted by Crippen LogP contribution is -2.33. The van der Waals surface area contributed by atoms with Crippen molar-refractivity contribution in [3.05, 3.63) is 59.8 Å². The minimum Gasteiger partial charge on any atom is -0.340 e. The van der Waals surface area contributed by atoms with Crippen LogP contribution in [-0.2, 0) is 26.9 Å². The normalized spacial score (nSPS) is 14.2. The van der Waals surface area contributed by atoms with E-state index in [1.54, 1.807) is 17.1 Å². The Kier molecular flexibility index (Phi) is 3.87. The third-order valence-corrected chi connectivity index (χ3v) is 4.74. The monoisotopic (exact) mass is 335 g/mol. The second-order valence-electron chi connectivity index (χ2n) is 6.48. The minimum atomic E-state index is -0.00334. The molecule has 0 N–H and O–H groups in total. The van der Waals surface area contributed by atoms with E-state index in [0.717, 1.165) is 24.2 Å². The van der Waals surface area contributed by atoms with Crippen molar-refractivity contribution in [3.8, 4) is 11.3 Å². The van der Waals surface area contributed by atoms with Gasteiger partial charge in [0.05, 0.1) is 17.7 Å². The molecule has 0 saturated heterocycles. The number of carbonyl (C=O) groups is 1. The first-order valence-electron chi connectivity index (χ1n) is 8.51. The molecule has 0 radical (unpaired) electrons. The average Bonchev–Trinajstić information content (AvgIpc) is 3.12. The van der Waals surface area contributed by atoms with Gasteiger partial charge in [0.15, 0.2) is 0 Å². The summed E-state index contributed by atoms with van der Waals surface area (Å²) in [5, 5.41) is 4.72. The maximum absolute atomic E-state index is 12.7. The predicted octanol–water partition coefficient (Wildman–Crippen LogP) is 2.06. The summed E-state index contributed by atoms with van der Waals surface area (Å²) in [5.74, 6) is -0.00334. The molecule has 4 rings (SSSR count). The lowest BCUT2D eigenvalue weighted by atomic mass is 10.0. The van der Waals surface area contributed by atoms with E-state index >= 15 is 0 Å². The Morgan fingerprint density at radius 2 is 1.84 bits per heavy atom. The average molecular weight is 335 g/mol. The van der Waals surface area contributed by atoms with Crippen molar-refractivity contribution in [1.29, 1.82) is 0 Å². The Morgan fingerprint density at radius 3 is 2.56 bits per heavy atom. The van der Waals surface area contributed by atoms with Crippen molar-refractivity contribution in [2.75, 3.05) is 13.1 Å². The van der Waals surface area contributed by atoms with Gasteiger partial charge in [-0.05, 0) is 6.42 Å². The molecule has 0 atom stereocenters. The molecule has 0 fully saturated rings. The van der Waals surface area contributed by atoms with E-state index in [-0.39, 0.29) is 5.91 Å². The number of aryl methyl sites for hydroxylation is 2. The van der Waals surface area contributed by atoms with Gasteiger partial charge in [0, 0.05) is 50.9 Å². The zero-order chi connectivity index (χ0) is 17.4. The summed E-state index contributed by atoms with van der Waals surface area (Å²) in [6.07, 6.45) is 5.02. The number of nitrogens with zero attached hydrogens (tertiary/aromatic N) is 5. The topological polar surface area (TPSA) is 56.0 Å². The van der Waals surface area contributed by atoms with Gasteiger partial charge in [-0.15, -0.1) is 0 Å². The van der Waals surface area contributed by atoms with Crippen molar-refractivity contribution in [3.63, 3.8) is 0 Å². The van der Waals surface area contributed by atoms with Crippen LogP contribution in [0.4, 0.5) is 0 Å². The van der Waals surface area contributed by atoms with Gasteiger partial charge < -0.3 is 9.47 Å². The maximum atomic E-state index is 12.7. The molecule has 2 aromatic heterocycles. The second kappa shape index (κ2) is 6.20. The summed E-state index contributed by atoms with van der Waals surface area (Å²) in [6, 6.07) is 10.3. The van der Waals surface area contributed by atoms with Crippen LogP contribution in [0.2, 0.25) is 0 Å². The van der Waals surface area contributed by atoms with E-state index in [2.05, 4.69) is 17.1 Å². The number of hydrogen-bond acceptors (Lipinski definition) is 3. The van der Waals surface area contributed by atoms with Gasteiger partial charge in [-0.1, -0.05) is 30.3 Å². The highest BCUT2D eigenvalue weighted by Gasteiger charge is 2.25. The lowest BCUT2D eigenvalue weighted by molar-refractivity contribution is 0.0757. The fourth-order valence-corrected chi connectivity index (χ4v) is 3.53. The first-order chi connectivity index (χ1) is 12.1. The molecule has 0 aliphatic carbocycles. The summed E-state index contributed by atoms with van der Waals surface area (Å²) in [6.45, 7) is 1.36. The number of imidazole rings is 1. The number of hydrogen-bond donors (Lipinski definition) is 0. The summed E-state index contributed by atoms with van der Waals surface area (Å²) < 4.78 is 3.77. The van der Waals surface area contributed by atoms with Crippen LogP contribution in [0.5, 0.6) is 0 Å². The minimum absolute atomic E-state index is 0.00334. The molecule has 1 aliphatic rings. The molecule has 0 bridgehead atoms. The number of benzene rings is 1. The molecule has 0 spiro atoms. The molecule has 3 heterocycles. The Bertz CT molecular complexity index is 909.